The maximum absolute atomic E-state index is 8.71. The van der Waals surface area contributed by atoms with Gasteiger partial charge in [0.1, 0.15) is 0 Å². The Hall–Kier alpha value is -0.300. The van der Waals surface area contributed by atoms with Crippen molar-refractivity contribution in [2.24, 2.45) is 11.8 Å². The SMILES string of the molecule is OCC=C1CC2CCCC2C1. The Morgan fingerprint density at radius 2 is 1.91 bits per heavy atom. The Kier molecular flexibility index (Phi) is 1.99. The first-order chi connectivity index (χ1) is 5.40. The molecule has 0 saturated heterocycles. The monoisotopic (exact) mass is 152 g/mol. The van der Waals surface area contributed by atoms with Crippen molar-refractivity contribution in [1.29, 1.82) is 0 Å². The van der Waals surface area contributed by atoms with Crippen LogP contribution in [0, 0.1) is 11.8 Å². The average Bonchev–Trinajstić information content (AvgIpc) is 2.46. The minimum absolute atomic E-state index is 0.245. The zero-order chi connectivity index (χ0) is 7.68. The fourth-order valence-corrected chi connectivity index (χ4v) is 2.70. The van der Waals surface area contributed by atoms with E-state index < -0.39 is 0 Å². The van der Waals surface area contributed by atoms with Gasteiger partial charge in [0.2, 0.25) is 0 Å². The Morgan fingerprint density at radius 3 is 2.45 bits per heavy atom. The summed E-state index contributed by atoms with van der Waals surface area (Å²) in [6.45, 7) is 0.245. The van der Waals surface area contributed by atoms with E-state index in [0.29, 0.717) is 0 Å². The molecule has 2 aliphatic carbocycles. The van der Waals surface area contributed by atoms with Gasteiger partial charge in [0.05, 0.1) is 6.61 Å². The van der Waals surface area contributed by atoms with Crippen LogP contribution in [-0.4, -0.2) is 11.7 Å². The fraction of sp³-hybridized carbons (Fsp3) is 0.800. The molecule has 2 saturated carbocycles. The van der Waals surface area contributed by atoms with Gasteiger partial charge >= 0.3 is 0 Å². The van der Waals surface area contributed by atoms with Crippen LogP contribution in [-0.2, 0) is 0 Å². The number of aliphatic hydroxyl groups is 1. The molecule has 1 heteroatoms. The molecule has 62 valence electrons. The number of allylic oxidation sites excluding steroid dienone is 1. The van der Waals surface area contributed by atoms with Crippen molar-refractivity contribution in [2.45, 2.75) is 32.1 Å². The van der Waals surface area contributed by atoms with Crippen LogP contribution in [0.5, 0.6) is 0 Å². The first kappa shape index (κ1) is 7.35. The fourth-order valence-electron chi connectivity index (χ4n) is 2.70. The molecule has 0 spiro atoms. The van der Waals surface area contributed by atoms with Crippen LogP contribution in [0.1, 0.15) is 32.1 Å². The molecule has 11 heavy (non-hydrogen) atoms. The second-order valence-corrected chi connectivity index (χ2v) is 3.90. The van der Waals surface area contributed by atoms with Crippen LogP contribution < -0.4 is 0 Å². The summed E-state index contributed by atoms with van der Waals surface area (Å²) in [5.74, 6) is 1.96. The van der Waals surface area contributed by atoms with Crippen LogP contribution in [0.3, 0.4) is 0 Å². The summed E-state index contributed by atoms with van der Waals surface area (Å²) in [5.41, 5.74) is 1.52. The van der Waals surface area contributed by atoms with Crippen molar-refractivity contribution in [3.8, 4) is 0 Å². The maximum atomic E-state index is 8.71. The smallest absolute Gasteiger partial charge is 0.0615 e. The molecule has 0 bridgehead atoms. The second-order valence-electron chi connectivity index (χ2n) is 3.90. The van der Waals surface area contributed by atoms with Crippen molar-refractivity contribution in [2.75, 3.05) is 6.61 Å². The molecule has 2 rings (SSSR count). The van der Waals surface area contributed by atoms with Crippen LogP contribution in [0.2, 0.25) is 0 Å². The standard InChI is InChI=1S/C10H16O/c11-5-4-8-6-9-2-1-3-10(9)7-8/h4,9-11H,1-3,5-7H2. The highest BCUT2D eigenvalue weighted by Gasteiger charge is 2.33. The Morgan fingerprint density at radius 1 is 1.27 bits per heavy atom. The molecule has 0 aliphatic heterocycles. The van der Waals surface area contributed by atoms with Gasteiger partial charge in [0.15, 0.2) is 0 Å². The van der Waals surface area contributed by atoms with Gasteiger partial charge in [-0.05, 0) is 37.5 Å². The van der Waals surface area contributed by atoms with Gasteiger partial charge in [0, 0.05) is 0 Å². The van der Waals surface area contributed by atoms with Gasteiger partial charge in [-0.25, -0.2) is 0 Å². The number of hydrogen-bond acceptors (Lipinski definition) is 1. The quantitative estimate of drug-likeness (QED) is 0.570. The van der Waals surface area contributed by atoms with Crippen LogP contribution in [0.15, 0.2) is 11.6 Å². The molecule has 0 aromatic carbocycles. The normalized spacial score (nSPS) is 35.9. The van der Waals surface area contributed by atoms with E-state index in [1.807, 2.05) is 6.08 Å². The van der Waals surface area contributed by atoms with E-state index in [2.05, 4.69) is 0 Å². The van der Waals surface area contributed by atoms with Crippen molar-refractivity contribution in [3.63, 3.8) is 0 Å². The Labute approximate surface area is 68.1 Å². The molecule has 2 fully saturated rings. The van der Waals surface area contributed by atoms with E-state index in [-0.39, 0.29) is 6.61 Å². The predicted octanol–water partition coefficient (Wildman–Crippen LogP) is 2.12. The van der Waals surface area contributed by atoms with Crippen LogP contribution in [0.25, 0.3) is 0 Å². The lowest BCUT2D eigenvalue weighted by Gasteiger charge is -2.04. The highest BCUT2D eigenvalue weighted by atomic mass is 16.2. The van der Waals surface area contributed by atoms with Crippen LogP contribution in [0.4, 0.5) is 0 Å². The molecule has 1 N–H and O–H groups in total. The molecule has 0 aromatic heterocycles. The molecule has 0 aromatic rings. The van der Waals surface area contributed by atoms with Crippen molar-refractivity contribution < 1.29 is 5.11 Å². The third-order valence-electron chi connectivity index (χ3n) is 3.25. The Bertz CT molecular complexity index is 158. The molecule has 0 amide bonds. The van der Waals surface area contributed by atoms with Gasteiger partial charge in [-0.15, -0.1) is 0 Å². The van der Waals surface area contributed by atoms with Gasteiger partial charge in [-0.2, -0.15) is 0 Å². The summed E-state index contributed by atoms with van der Waals surface area (Å²) in [7, 11) is 0. The molecule has 2 atom stereocenters. The first-order valence-electron chi connectivity index (χ1n) is 4.69. The van der Waals surface area contributed by atoms with E-state index >= 15 is 0 Å². The van der Waals surface area contributed by atoms with E-state index in [0.717, 1.165) is 11.8 Å². The molecule has 0 radical (unpaired) electrons. The van der Waals surface area contributed by atoms with E-state index in [9.17, 15) is 0 Å². The largest absolute Gasteiger partial charge is 0.392 e. The topological polar surface area (TPSA) is 20.2 Å². The second kappa shape index (κ2) is 2.98. The van der Waals surface area contributed by atoms with Gasteiger partial charge < -0.3 is 5.11 Å². The third-order valence-corrected chi connectivity index (χ3v) is 3.25. The number of aliphatic hydroxyl groups excluding tert-OH is 1. The zero-order valence-corrected chi connectivity index (χ0v) is 6.92. The number of rotatable bonds is 1. The third kappa shape index (κ3) is 1.34. The molecule has 2 aliphatic rings. The summed E-state index contributed by atoms with van der Waals surface area (Å²) in [6.07, 6.45) is 8.90. The summed E-state index contributed by atoms with van der Waals surface area (Å²) < 4.78 is 0. The zero-order valence-electron chi connectivity index (χ0n) is 6.92. The van der Waals surface area contributed by atoms with E-state index in [1.165, 1.54) is 37.7 Å². The van der Waals surface area contributed by atoms with Crippen molar-refractivity contribution in [1.82, 2.24) is 0 Å². The van der Waals surface area contributed by atoms with E-state index in [4.69, 9.17) is 5.11 Å². The van der Waals surface area contributed by atoms with Gasteiger partial charge in [-0.3, -0.25) is 0 Å². The minimum atomic E-state index is 0.245. The molecule has 2 unspecified atom stereocenters. The first-order valence-corrected chi connectivity index (χ1v) is 4.69. The maximum Gasteiger partial charge on any atom is 0.0615 e. The lowest BCUT2D eigenvalue weighted by Crippen LogP contribution is -1.95. The molecule has 1 nitrogen and oxygen atoms in total. The molecule has 0 heterocycles. The lowest BCUT2D eigenvalue weighted by molar-refractivity contribution is 0.341. The Balaban J connectivity index is 1.99. The highest BCUT2D eigenvalue weighted by Crippen LogP contribution is 2.46. The summed E-state index contributed by atoms with van der Waals surface area (Å²) in [4.78, 5) is 0. The van der Waals surface area contributed by atoms with Gasteiger partial charge in [0.25, 0.3) is 0 Å². The van der Waals surface area contributed by atoms with Gasteiger partial charge in [-0.1, -0.05) is 18.1 Å². The predicted molar refractivity (Wildman–Crippen MR) is 45.2 cm³/mol. The van der Waals surface area contributed by atoms with Crippen molar-refractivity contribution >= 4 is 0 Å². The minimum Gasteiger partial charge on any atom is -0.392 e. The highest BCUT2D eigenvalue weighted by molar-refractivity contribution is 5.12. The lowest BCUT2D eigenvalue weighted by atomic mass is 10.0. The molecular formula is C10H16O. The number of hydrogen-bond donors (Lipinski definition) is 1. The van der Waals surface area contributed by atoms with Crippen molar-refractivity contribution in [3.05, 3.63) is 11.6 Å². The summed E-state index contributed by atoms with van der Waals surface area (Å²) in [6, 6.07) is 0. The number of fused-ring (bicyclic) bond motifs is 1. The van der Waals surface area contributed by atoms with Crippen LogP contribution >= 0.6 is 0 Å². The average molecular weight is 152 g/mol. The summed E-state index contributed by atoms with van der Waals surface area (Å²) in [5, 5.41) is 8.71. The van der Waals surface area contributed by atoms with E-state index in [1.54, 1.807) is 0 Å². The molecular weight excluding hydrogens is 136 g/mol. The summed E-state index contributed by atoms with van der Waals surface area (Å²) >= 11 is 0.